The molecule has 0 radical (unpaired) electrons. The number of carbonyl (C=O) groups is 1. The predicted octanol–water partition coefficient (Wildman–Crippen LogP) is 4.11. The van der Waals surface area contributed by atoms with E-state index in [1.165, 1.54) is 13.3 Å². The molecule has 0 saturated heterocycles. The van der Waals surface area contributed by atoms with Crippen molar-refractivity contribution < 1.29 is 27.8 Å². The number of amides is 1. The molecule has 0 saturated carbocycles. The maximum absolute atomic E-state index is 14.6. The van der Waals surface area contributed by atoms with Gasteiger partial charge in [0.25, 0.3) is 5.88 Å². The number of aromatic nitrogens is 2. The van der Waals surface area contributed by atoms with E-state index in [4.69, 9.17) is 14.2 Å². The van der Waals surface area contributed by atoms with Gasteiger partial charge in [-0.1, -0.05) is 0 Å². The molecule has 0 bridgehead atoms. The van der Waals surface area contributed by atoms with Gasteiger partial charge >= 0.3 is 6.09 Å². The predicted molar refractivity (Wildman–Crippen MR) is 126 cm³/mol. The molecule has 2 atom stereocenters. The summed E-state index contributed by atoms with van der Waals surface area (Å²) < 4.78 is 44.2. The number of halogens is 2. The average molecular weight is 493 g/mol. The van der Waals surface area contributed by atoms with Crippen molar-refractivity contribution in [2.75, 3.05) is 31.0 Å². The number of hydrogen-bond acceptors (Lipinski definition) is 9. The molecular formula is C23H30F2N6O4. The fourth-order valence-corrected chi connectivity index (χ4v) is 2.69. The number of methoxy groups -OCH3 is 1. The zero-order valence-electron chi connectivity index (χ0n) is 20.5. The Labute approximate surface area is 203 Å². The van der Waals surface area contributed by atoms with E-state index in [0.717, 1.165) is 12.1 Å². The second kappa shape index (κ2) is 12.1. The van der Waals surface area contributed by atoms with Crippen LogP contribution in [0.3, 0.4) is 0 Å². The third kappa shape index (κ3) is 8.53. The van der Waals surface area contributed by atoms with E-state index >= 15 is 0 Å². The summed E-state index contributed by atoms with van der Waals surface area (Å²) in [4.78, 5) is 20.1. The van der Waals surface area contributed by atoms with Gasteiger partial charge in [-0.15, -0.1) is 0 Å². The summed E-state index contributed by atoms with van der Waals surface area (Å²) in [6, 6.07) is 3.05. The number of hydrogen-bond donors (Lipinski definition) is 3. The summed E-state index contributed by atoms with van der Waals surface area (Å²) >= 11 is 0. The number of nitrogens with zero attached hydrogens (tertiary/aromatic N) is 3. The van der Waals surface area contributed by atoms with E-state index in [1.807, 2.05) is 6.07 Å². The van der Waals surface area contributed by atoms with Crippen molar-refractivity contribution in [1.29, 1.82) is 5.26 Å². The first-order valence-electron chi connectivity index (χ1n) is 10.8. The van der Waals surface area contributed by atoms with Crippen LogP contribution in [-0.2, 0) is 9.47 Å². The second-order valence-electron chi connectivity index (χ2n) is 8.67. The highest BCUT2D eigenvalue weighted by molar-refractivity contribution is 5.68. The van der Waals surface area contributed by atoms with Gasteiger partial charge in [-0.2, -0.15) is 5.26 Å². The van der Waals surface area contributed by atoms with Crippen LogP contribution in [-0.4, -0.2) is 54.1 Å². The molecule has 0 spiro atoms. The lowest BCUT2D eigenvalue weighted by Crippen LogP contribution is -2.45. The van der Waals surface area contributed by atoms with Crippen LogP contribution in [0.1, 0.15) is 40.2 Å². The number of ether oxygens (including phenoxy) is 3. The number of alkyl carbamates (subject to hydrolysis) is 1. The van der Waals surface area contributed by atoms with Gasteiger partial charge in [0.1, 0.15) is 18.3 Å². The van der Waals surface area contributed by atoms with E-state index in [0.29, 0.717) is 0 Å². The molecule has 35 heavy (non-hydrogen) atoms. The molecule has 0 fully saturated rings. The van der Waals surface area contributed by atoms with Crippen LogP contribution in [0.2, 0.25) is 0 Å². The van der Waals surface area contributed by atoms with Crippen LogP contribution in [0.15, 0.2) is 18.3 Å². The molecule has 0 aromatic carbocycles. The van der Waals surface area contributed by atoms with Crippen LogP contribution in [0.5, 0.6) is 5.88 Å². The SMILES string of the molecule is COCCOc1ncc(Nc2nc(N[C@H](C)[C@H](C)NC(=O)OC(C)(C)C)c(F)cc2C#N)cc1F. The molecule has 2 aromatic heterocycles. The van der Waals surface area contributed by atoms with Gasteiger partial charge < -0.3 is 30.2 Å². The van der Waals surface area contributed by atoms with Gasteiger partial charge in [-0.3, -0.25) is 0 Å². The Morgan fingerprint density at radius 1 is 1.14 bits per heavy atom. The highest BCUT2D eigenvalue weighted by Crippen LogP contribution is 2.25. The number of carbonyl (C=O) groups excluding carboxylic acids is 1. The maximum Gasteiger partial charge on any atom is 0.407 e. The monoisotopic (exact) mass is 492 g/mol. The lowest BCUT2D eigenvalue weighted by molar-refractivity contribution is 0.0504. The smallest absolute Gasteiger partial charge is 0.407 e. The molecule has 190 valence electrons. The van der Waals surface area contributed by atoms with Crippen LogP contribution >= 0.6 is 0 Å². The van der Waals surface area contributed by atoms with E-state index in [-0.39, 0.29) is 42.0 Å². The normalized spacial score (nSPS) is 12.8. The summed E-state index contributed by atoms with van der Waals surface area (Å²) in [5.74, 6) is -1.88. The third-order valence-electron chi connectivity index (χ3n) is 4.55. The Morgan fingerprint density at radius 3 is 2.46 bits per heavy atom. The summed E-state index contributed by atoms with van der Waals surface area (Å²) in [5, 5.41) is 17.7. The van der Waals surface area contributed by atoms with Gasteiger partial charge in [0, 0.05) is 25.3 Å². The summed E-state index contributed by atoms with van der Waals surface area (Å²) in [5.41, 5.74) is -0.581. The molecule has 3 N–H and O–H groups in total. The first-order valence-corrected chi connectivity index (χ1v) is 10.8. The zero-order valence-corrected chi connectivity index (χ0v) is 20.5. The lowest BCUT2D eigenvalue weighted by atomic mass is 10.1. The van der Waals surface area contributed by atoms with Crippen molar-refractivity contribution in [3.8, 4) is 11.9 Å². The standard InChI is InChI=1S/C23H30F2N6O4/c1-13(14(2)29-22(32)35-23(3,4)5)28-20-17(24)9-15(11-26)19(31-20)30-16-10-18(25)21(27-12-16)34-8-7-33-6/h9-10,12-14H,7-8H2,1-6H3,(H,29,32)(H2,28,30,31)/t13-,14+/m1/s1. The summed E-state index contributed by atoms with van der Waals surface area (Å²) in [7, 11) is 1.49. The second-order valence-corrected chi connectivity index (χ2v) is 8.67. The van der Waals surface area contributed by atoms with E-state index < -0.39 is 35.4 Å². The molecular weight excluding hydrogens is 462 g/mol. The minimum Gasteiger partial charge on any atom is -0.473 e. The first-order chi connectivity index (χ1) is 16.4. The van der Waals surface area contributed by atoms with Crippen LogP contribution in [0, 0.1) is 23.0 Å². The number of nitriles is 1. The Hall–Kier alpha value is -3.72. The fraction of sp³-hybridized carbons (Fsp3) is 0.478. The molecule has 10 nitrogen and oxygen atoms in total. The van der Waals surface area contributed by atoms with Gasteiger partial charge in [0.05, 0.1) is 24.1 Å². The van der Waals surface area contributed by atoms with E-state index in [1.54, 1.807) is 34.6 Å². The van der Waals surface area contributed by atoms with Crippen molar-refractivity contribution in [3.05, 3.63) is 35.5 Å². The molecule has 2 heterocycles. The summed E-state index contributed by atoms with van der Waals surface area (Å²) in [6.45, 7) is 9.06. The van der Waals surface area contributed by atoms with E-state index in [9.17, 15) is 18.8 Å². The van der Waals surface area contributed by atoms with Crippen molar-refractivity contribution in [2.45, 2.75) is 52.3 Å². The van der Waals surface area contributed by atoms with Crippen molar-refractivity contribution in [2.24, 2.45) is 0 Å². The Kier molecular flexibility index (Phi) is 9.53. The number of rotatable bonds is 10. The molecule has 0 aliphatic heterocycles. The third-order valence-corrected chi connectivity index (χ3v) is 4.55. The minimum absolute atomic E-state index is 0.00870. The molecule has 2 aromatic rings. The Morgan fingerprint density at radius 2 is 1.86 bits per heavy atom. The zero-order chi connectivity index (χ0) is 26.2. The van der Waals surface area contributed by atoms with Crippen molar-refractivity contribution >= 4 is 23.4 Å². The highest BCUT2D eigenvalue weighted by atomic mass is 19.1. The first kappa shape index (κ1) is 27.5. The van der Waals surface area contributed by atoms with Crippen LogP contribution in [0.25, 0.3) is 0 Å². The lowest BCUT2D eigenvalue weighted by Gasteiger charge is -2.26. The van der Waals surface area contributed by atoms with Gasteiger partial charge in [-0.25, -0.2) is 23.5 Å². The Bertz CT molecular complexity index is 1070. The number of nitrogens with one attached hydrogen (secondary N) is 3. The number of pyridine rings is 2. The molecule has 0 unspecified atom stereocenters. The van der Waals surface area contributed by atoms with Crippen molar-refractivity contribution in [3.63, 3.8) is 0 Å². The Balaban J connectivity index is 2.16. The van der Waals surface area contributed by atoms with Crippen LogP contribution in [0.4, 0.5) is 30.9 Å². The van der Waals surface area contributed by atoms with Gasteiger partial charge in [0.15, 0.2) is 23.3 Å². The quantitative estimate of drug-likeness (QED) is 0.419. The van der Waals surface area contributed by atoms with Crippen molar-refractivity contribution in [1.82, 2.24) is 15.3 Å². The molecule has 0 aliphatic rings. The fourth-order valence-electron chi connectivity index (χ4n) is 2.69. The molecule has 2 rings (SSSR count). The van der Waals surface area contributed by atoms with Crippen LogP contribution < -0.4 is 20.7 Å². The van der Waals surface area contributed by atoms with E-state index in [2.05, 4.69) is 25.9 Å². The molecule has 12 heteroatoms. The largest absolute Gasteiger partial charge is 0.473 e. The molecule has 1 amide bonds. The highest BCUT2D eigenvalue weighted by Gasteiger charge is 2.22. The van der Waals surface area contributed by atoms with Gasteiger partial charge in [-0.05, 0) is 40.7 Å². The maximum atomic E-state index is 14.6. The van der Waals surface area contributed by atoms with Gasteiger partial charge in [0.2, 0.25) is 0 Å². The average Bonchev–Trinajstić information content (AvgIpc) is 2.75. The summed E-state index contributed by atoms with van der Waals surface area (Å²) in [6.07, 6.45) is 0.679. The molecule has 0 aliphatic carbocycles. The number of anilines is 3. The topological polar surface area (TPSA) is 130 Å². The minimum atomic E-state index is -0.769.